The van der Waals surface area contributed by atoms with E-state index < -0.39 is 0 Å². The minimum absolute atomic E-state index is 0.159. The number of carbonyl (C=O) groups excluding carboxylic acids is 1. The summed E-state index contributed by atoms with van der Waals surface area (Å²) in [6.45, 7) is 4.98. The van der Waals surface area contributed by atoms with Crippen LogP contribution in [0.4, 0.5) is 5.69 Å². The highest BCUT2D eigenvalue weighted by molar-refractivity contribution is 6.04. The van der Waals surface area contributed by atoms with Crippen LogP contribution in [0.5, 0.6) is 0 Å². The Balaban J connectivity index is 1.95. The van der Waals surface area contributed by atoms with Crippen LogP contribution >= 0.6 is 0 Å². The van der Waals surface area contributed by atoms with Crippen molar-refractivity contribution < 1.29 is 4.79 Å². The summed E-state index contributed by atoms with van der Waals surface area (Å²) in [5.41, 5.74) is 2.29. The molecule has 0 fully saturated rings. The fourth-order valence-electron chi connectivity index (χ4n) is 3.29. The first-order valence-electron chi connectivity index (χ1n) is 9.79. The smallest absolute Gasteiger partial charge is 0.274 e. The van der Waals surface area contributed by atoms with Crippen molar-refractivity contribution >= 4 is 22.4 Å². The molecular formula is C23H28N4O2. The van der Waals surface area contributed by atoms with Crippen molar-refractivity contribution in [1.82, 2.24) is 14.7 Å². The number of anilines is 1. The van der Waals surface area contributed by atoms with E-state index in [9.17, 15) is 9.59 Å². The second-order valence-corrected chi connectivity index (χ2v) is 8.00. The van der Waals surface area contributed by atoms with Gasteiger partial charge in [-0.1, -0.05) is 44.2 Å². The molecule has 3 aromatic rings. The van der Waals surface area contributed by atoms with Crippen molar-refractivity contribution in [3.63, 3.8) is 0 Å². The molecule has 0 unspecified atom stereocenters. The minimum atomic E-state index is -0.199. The number of fused-ring (bicyclic) bond motifs is 1. The van der Waals surface area contributed by atoms with Crippen LogP contribution in [0.25, 0.3) is 10.8 Å². The number of benzene rings is 2. The molecule has 0 aliphatic carbocycles. The molecule has 0 spiro atoms. The van der Waals surface area contributed by atoms with Gasteiger partial charge in [0.05, 0.1) is 5.39 Å². The molecule has 1 heterocycles. The van der Waals surface area contributed by atoms with Crippen LogP contribution in [0, 0.1) is 5.92 Å². The average molecular weight is 393 g/mol. The van der Waals surface area contributed by atoms with Gasteiger partial charge in [-0.25, -0.2) is 4.68 Å². The third kappa shape index (κ3) is 4.47. The molecule has 29 heavy (non-hydrogen) atoms. The van der Waals surface area contributed by atoms with Gasteiger partial charge in [0.2, 0.25) is 0 Å². The normalized spacial score (nSPS) is 11.1. The van der Waals surface area contributed by atoms with Gasteiger partial charge in [-0.3, -0.25) is 9.59 Å². The van der Waals surface area contributed by atoms with Crippen molar-refractivity contribution in [2.45, 2.75) is 26.9 Å². The van der Waals surface area contributed by atoms with Crippen molar-refractivity contribution in [3.8, 4) is 0 Å². The molecule has 0 radical (unpaired) electrons. The molecule has 0 bridgehead atoms. The van der Waals surface area contributed by atoms with E-state index in [4.69, 9.17) is 0 Å². The molecule has 0 aliphatic rings. The lowest BCUT2D eigenvalue weighted by Crippen LogP contribution is -2.32. The molecule has 6 heteroatoms. The fourth-order valence-corrected chi connectivity index (χ4v) is 3.29. The Hall–Kier alpha value is -3.15. The van der Waals surface area contributed by atoms with Gasteiger partial charge in [0.1, 0.15) is 0 Å². The molecular weight excluding hydrogens is 364 g/mol. The van der Waals surface area contributed by atoms with E-state index in [0.29, 0.717) is 29.6 Å². The largest absolute Gasteiger partial charge is 0.378 e. The first kappa shape index (κ1) is 20.6. The first-order valence-corrected chi connectivity index (χ1v) is 9.79. The Labute approximate surface area is 171 Å². The highest BCUT2D eigenvalue weighted by Gasteiger charge is 2.20. The number of amides is 1. The molecule has 0 N–H and O–H groups in total. The van der Waals surface area contributed by atoms with Gasteiger partial charge in [0, 0.05) is 45.3 Å². The van der Waals surface area contributed by atoms with Crippen LogP contribution in [0.3, 0.4) is 0 Å². The lowest BCUT2D eigenvalue weighted by atomic mass is 10.1. The zero-order valence-electron chi connectivity index (χ0n) is 17.7. The minimum Gasteiger partial charge on any atom is -0.378 e. The zero-order valence-corrected chi connectivity index (χ0v) is 17.7. The third-order valence-corrected chi connectivity index (χ3v) is 4.83. The standard InChI is InChI=1S/C23H28N4O2/c1-16(2)14-27-22(28)20-9-7-6-8-19(20)21(24-27)23(29)26(5)15-17-10-12-18(13-11-17)25(3)4/h6-13,16H,14-15H2,1-5H3. The summed E-state index contributed by atoms with van der Waals surface area (Å²) in [6.07, 6.45) is 0. The van der Waals surface area contributed by atoms with Crippen LogP contribution < -0.4 is 10.5 Å². The van der Waals surface area contributed by atoms with E-state index in [-0.39, 0.29) is 17.4 Å². The van der Waals surface area contributed by atoms with E-state index in [1.165, 1.54) is 4.68 Å². The predicted molar refractivity (Wildman–Crippen MR) is 117 cm³/mol. The molecule has 0 atom stereocenters. The highest BCUT2D eigenvalue weighted by Crippen LogP contribution is 2.18. The number of aromatic nitrogens is 2. The SMILES string of the molecule is CC(C)Cn1nc(C(=O)N(C)Cc2ccc(N(C)C)cc2)c2ccccc2c1=O. The summed E-state index contributed by atoms with van der Waals surface area (Å²) < 4.78 is 1.42. The number of carbonyl (C=O) groups is 1. The summed E-state index contributed by atoms with van der Waals surface area (Å²) in [5, 5.41) is 5.56. The molecule has 6 nitrogen and oxygen atoms in total. The van der Waals surface area contributed by atoms with Gasteiger partial charge >= 0.3 is 0 Å². The molecule has 0 aliphatic heterocycles. The molecule has 2 aromatic carbocycles. The number of nitrogens with zero attached hydrogens (tertiary/aromatic N) is 4. The summed E-state index contributed by atoms with van der Waals surface area (Å²) in [4.78, 5) is 29.7. The Morgan fingerprint density at radius 1 is 1.00 bits per heavy atom. The van der Waals surface area contributed by atoms with Crippen molar-refractivity contribution in [3.05, 3.63) is 70.1 Å². The Bertz CT molecular complexity index is 1070. The second kappa shape index (κ2) is 8.47. The molecule has 152 valence electrons. The molecule has 3 rings (SSSR count). The van der Waals surface area contributed by atoms with Crippen molar-refractivity contribution in [2.24, 2.45) is 5.92 Å². The Morgan fingerprint density at radius 2 is 1.62 bits per heavy atom. The van der Waals surface area contributed by atoms with Gasteiger partial charge in [-0.2, -0.15) is 5.10 Å². The van der Waals surface area contributed by atoms with Gasteiger partial charge in [0.15, 0.2) is 5.69 Å². The summed E-state index contributed by atoms with van der Waals surface area (Å²) >= 11 is 0. The van der Waals surface area contributed by atoms with Gasteiger partial charge in [-0.15, -0.1) is 0 Å². The van der Waals surface area contributed by atoms with Gasteiger partial charge in [-0.05, 0) is 29.7 Å². The van der Waals surface area contributed by atoms with E-state index in [2.05, 4.69) is 5.10 Å². The molecule has 1 amide bonds. The monoisotopic (exact) mass is 392 g/mol. The van der Waals surface area contributed by atoms with Crippen LogP contribution in [0.1, 0.15) is 29.9 Å². The van der Waals surface area contributed by atoms with E-state index >= 15 is 0 Å². The van der Waals surface area contributed by atoms with E-state index in [0.717, 1.165) is 11.3 Å². The Kier molecular flexibility index (Phi) is 6.01. The average Bonchev–Trinajstić information content (AvgIpc) is 2.69. The van der Waals surface area contributed by atoms with Crippen LogP contribution in [0.15, 0.2) is 53.3 Å². The number of hydrogen-bond acceptors (Lipinski definition) is 4. The first-order chi connectivity index (χ1) is 13.8. The molecule has 0 saturated carbocycles. The molecule has 0 saturated heterocycles. The van der Waals surface area contributed by atoms with Gasteiger partial charge < -0.3 is 9.80 Å². The van der Waals surface area contributed by atoms with Crippen molar-refractivity contribution in [2.75, 3.05) is 26.0 Å². The van der Waals surface area contributed by atoms with E-state index in [1.54, 1.807) is 24.1 Å². The van der Waals surface area contributed by atoms with Crippen LogP contribution in [-0.4, -0.2) is 41.7 Å². The maximum Gasteiger partial charge on any atom is 0.274 e. The zero-order chi connectivity index (χ0) is 21.1. The van der Waals surface area contributed by atoms with Crippen LogP contribution in [-0.2, 0) is 13.1 Å². The summed E-state index contributed by atoms with van der Waals surface area (Å²) in [7, 11) is 5.75. The Morgan fingerprint density at radius 3 is 2.21 bits per heavy atom. The van der Waals surface area contributed by atoms with Crippen LogP contribution in [0.2, 0.25) is 0 Å². The number of rotatable bonds is 6. The van der Waals surface area contributed by atoms with Crippen molar-refractivity contribution in [1.29, 1.82) is 0 Å². The maximum atomic E-state index is 13.2. The quantitative estimate of drug-likeness (QED) is 0.645. The lowest BCUT2D eigenvalue weighted by molar-refractivity contribution is 0.0778. The van der Waals surface area contributed by atoms with Gasteiger partial charge in [0.25, 0.3) is 11.5 Å². The molecule has 1 aromatic heterocycles. The fraction of sp³-hybridized carbons (Fsp3) is 0.348. The maximum absolute atomic E-state index is 13.2. The van der Waals surface area contributed by atoms with E-state index in [1.807, 2.05) is 69.2 Å². The summed E-state index contributed by atoms with van der Waals surface area (Å²) in [5.74, 6) is 0.0487. The number of hydrogen-bond donors (Lipinski definition) is 0. The predicted octanol–water partition coefficient (Wildman–Crippen LogP) is 3.39. The second-order valence-electron chi connectivity index (χ2n) is 8.00. The lowest BCUT2D eigenvalue weighted by Gasteiger charge is -2.20. The highest BCUT2D eigenvalue weighted by atomic mass is 16.2. The topological polar surface area (TPSA) is 58.4 Å². The third-order valence-electron chi connectivity index (χ3n) is 4.83. The summed E-state index contributed by atoms with van der Waals surface area (Å²) in [6, 6.07) is 15.3.